The number of benzodiazepines with no additional fused rings is 1. The molecule has 1 aliphatic heterocycles. The summed E-state index contributed by atoms with van der Waals surface area (Å²) in [5.41, 5.74) is 7.17. The van der Waals surface area contributed by atoms with Gasteiger partial charge in [-0.25, -0.2) is 4.99 Å². The lowest BCUT2D eigenvalue weighted by Crippen LogP contribution is -2.45. The van der Waals surface area contributed by atoms with Gasteiger partial charge in [-0.1, -0.05) is 42.5 Å². The van der Waals surface area contributed by atoms with E-state index in [-0.39, 0.29) is 12.8 Å². The number of para-hydroxylation sites is 1. The molecule has 0 radical (unpaired) electrons. The van der Waals surface area contributed by atoms with Crippen LogP contribution in [0.15, 0.2) is 53.5 Å². The van der Waals surface area contributed by atoms with Crippen LogP contribution < -0.4 is 21.1 Å². The molecule has 1 aliphatic rings. The molecular formula is C24H25F3N4O4. The lowest BCUT2D eigenvalue weighted by Gasteiger charge is -2.19. The van der Waals surface area contributed by atoms with Gasteiger partial charge in [0.25, 0.3) is 5.91 Å². The molecule has 2 aromatic rings. The number of carbonyl (C=O) groups is 3. The molecule has 186 valence electrons. The van der Waals surface area contributed by atoms with Crippen molar-refractivity contribution in [2.24, 2.45) is 16.6 Å². The van der Waals surface area contributed by atoms with E-state index < -0.39 is 48.8 Å². The third kappa shape index (κ3) is 6.81. The Kier molecular flexibility index (Phi) is 8.10. The average molecular weight is 490 g/mol. The van der Waals surface area contributed by atoms with Gasteiger partial charge in [-0.05, 0) is 18.9 Å². The molecule has 8 nitrogen and oxygen atoms in total. The first-order valence-electron chi connectivity index (χ1n) is 10.9. The number of fused-ring (bicyclic) bond motifs is 1. The molecule has 0 bridgehead atoms. The Bertz CT molecular complexity index is 1120. The van der Waals surface area contributed by atoms with Gasteiger partial charge in [-0.15, -0.1) is 0 Å². The van der Waals surface area contributed by atoms with E-state index in [1.807, 2.05) is 6.07 Å². The number of carbonyl (C=O) groups excluding carboxylic acids is 3. The number of hydrogen-bond acceptors (Lipinski definition) is 5. The highest BCUT2D eigenvalue weighted by Crippen LogP contribution is 2.32. The quantitative estimate of drug-likeness (QED) is 0.500. The topological polar surface area (TPSA) is 123 Å². The minimum atomic E-state index is -4.39. The molecule has 0 aliphatic carbocycles. The Morgan fingerprint density at radius 1 is 1.17 bits per heavy atom. The van der Waals surface area contributed by atoms with Crippen molar-refractivity contribution in [1.29, 1.82) is 0 Å². The van der Waals surface area contributed by atoms with Gasteiger partial charge in [0.1, 0.15) is 5.75 Å². The number of rotatable bonds is 9. The van der Waals surface area contributed by atoms with Crippen molar-refractivity contribution in [2.45, 2.75) is 38.0 Å². The van der Waals surface area contributed by atoms with Gasteiger partial charge < -0.3 is 21.1 Å². The first-order valence-corrected chi connectivity index (χ1v) is 10.9. The standard InChI is InChI=1S/C24H25F3N4O4/c1-35-17-11-5-10-16-19(14-7-3-2-4-8-14)29-21(23(34)30-20(16)17)31-22(33)15(13-18(28)32)9-6-12-24(25,26)27/h2-5,7-8,10-11,15,21H,6,9,12-13H2,1H3,(H2,28,32)(H,30,34)(H,31,33). The minimum absolute atomic E-state index is 0.230. The van der Waals surface area contributed by atoms with Gasteiger partial charge in [0.2, 0.25) is 18.0 Å². The molecule has 4 N–H and O–H groups in total. The Labute approximate surface area is 199 Å². The molecule has 2 atom stereocenters. The first kappa shape index (κ1) is 25.7. The molecule has 1 heterocycles. The van der Waals surface area contributed by atoms with E-state index in [9.17, 15) is 27.6 Å². The highest BCUT2D eigenvalue weighted by Gasteiger charge is 2.32. The molecule has 0 aromatic heterocycles. The maximum absolute atomic E-state index is 13.0. The van der Waals surface area contributed by atoms with Crippen LogP contribution in [0.4, 0.5) is 18.9 Å². The summed E-state index contributed by atoms with van der Waals surface area (Å²) in [5.74, 6) is -3.07. The molecular weight excluding hydrogens is 465 g/mol. The van der Waals surface area contributed by atoms with Crippen molar-refractivity contribution in [3.8, 4) is 5.75 Å². The number of nitrogens with zero attached hydrogens (tertiary/aromatic N) is 1. The molecule has 0 saturated carbocycles. The summed E-state index contributed by atoms with van der Waals surface area (Å²) in [5, 5.41) is 5.17. The van der Waals surface area contributed by atoms with Crippen LogP contribution in [-0.2, 0) is 14.4 Å². The number of hydrogen-bond donors (Lipinski definition) is 3. The summed E-state index contributed by atoms with van der Waals surface area (Å²) < 4.78 is 43.1. The van der Waals surface area contributed by atoms with E-state index in [4.69, 9.17) is 10.5 Å². The number of benzene rings is 2. The molecule has 11 heteroatoms. The second kappa shape index (κ2) is 11.0. The number of aliphatic imine (C=N–C) groups is 1. The van der Waals surface area contributed by atoms with Crippen molar-refractivity contribution in [3.63, 3.8) is 0 Å². The van der Waals surface area contributed by atoms with Crippen LogP contribution >= 0.6 is 0 Å². The summed E-state index contributed by atoms with van der Waals surface area (Å²) in [6.45, 7) is 0. The van der Waals surface area contributed by atoms with Crippen molar-refractivity contribution < 1.29 is 32.3 Å². The third-order valence-corrected chi connectivity index (χ3v) is 5.41. The number of amides is 3. The van der Waals surface area contributed by atoms with E-state index in [0.717, 1.165) is 0 Å². The fourth-order valence-corrected chi connectivity index (χ4v) is 3.77. The molecule has 3 rings (SSSR count). The average Bonchev–Trinajstić information content (AvgIpc) is 2.94. The molecule has 0 saturated heterocycles. The summed E-state index contributed by atoms with van der Waals surface area (Å²) in [7, 11) is 1.45. The van der Waals surface area contributed by atoms with E-state index >= 15 is 0 Å². The van der Waals surface area contributed by atoms with E-state index in [1.165, 1.54) is 7.11 Å². The normalized spacial score (nSPS) is 16.3. The van der Waals surface area contributed by atoms with Gasteiger partial charge in [0, 0.05) is 29.9 Å². The largest absolute Gasteiger partial charge is 0.495 e. The number of alkyl halides is 3. The van der Waals surface area contributed by atoms with Crippen molar-refractivity contribution in [3.05, 3.63) is 59.7 Å². The maximum Gasteiger partial charge on any atom is 0.389 e. The fourth-order valence-electron chi connectivity index (χ4n) is 3.77. The molecule has 2 aromatic carbocycles. The van der Waals surface area contributed by atoms with Crippen LogP contribution in [-0.4, -0.2) is 42.9 Å². The highest BCUT2D eigenvalue weighted by molar-refractivity contribution is 6.20. The predicted octanol–water partition coefficient (Wildman–Crippen LogP) is 3.15. The zero-order chi connectivity index (χ0) is 25.6. The van der Waals surface area contributed by atoms with Gasteiger partial charge in [-0.2, -0.15) is 13.2 Å². The molecule has 0 fully saturated rings. The number of halogens is 3. The first-order chi connectivity index (χ1) is 16.6. The Morgan fingerprint density at radius 3 is 2.51 bits per heavy atom. The number of primary amides is 1. The van der Waals surface area contributed by atoms with Crippen molar-refractivity contribution in [2.75, 3.05) is 12.4 Å². The van der Waals surface area contributed by atoms with Crippen LogP contribution in [0.3, 0.4) is 0 Å². The smallest absolute Gasteiger partial charge is 0.389 e. The molecule has 35 heavy (non-hydrogen) atoms. The Balaban J connectivity index is 1.92. The van der Waals surface area contributed by atoms with Gasteiger partial charge in [-0.3, -0.25) is 14.4 Å². The Morgan fingerprint density at radius 2 is 1.89 bits per heavy atom. The third-order valence-electron chi connectivity index (χ3n) is 5.41. The van der Waals surface area contributed by atoms with Crippen LogP contribution in [0, 0.1) is 5.92 Å². The van der Waals surface area contributed by atoms with Crippen LogP contribution in [0.25, 0.3) is 0 Å². The van der Waals surface area contributed by atoms with Crippen molar-refractivity contribution >= 4 is 29.1 Å². The number of methoxy groups -OCH3 is 1. The zero-order valence-electron chi connectivity index (χ0n) is 18.9. The highest BCUT2D eigenvalue weighted by atomic mass is 19.4. The molecule has 3 amide bonds. The predicted molar refractivity (Wildman–Crippen MR) is 123 cm³/mol. The zero-order valence-corrected chi connectivity index (χ0v) is 18.9. The van der Waals surface area contributed by atoms with Gasteiger partial charge in [0.05, 0.1) is 18.5 Å². The monoisotopic (exact) mass is 490 g/mol. The second-order valence-electron chi connectivity index (χ2n) is 8.00. The summed E-state index contributed by atoms with van der Waals surface area (Å²) in [6, 6.07) is 14.1. The van der Waals surface area contributed by atoms with E-state index in [1.54, 1.807) is 42.5 Å². The molecule has 0 spiro atoms. The lowest BCUT2D eigenvalue weighted by atomic mass is 9.96. The SMILES string of the molecule is COc1cccc2c1NC(=O)C(NC(=O)C(CCCC(F)(F)F)CC(N)=O)N=C2c1ccccc1. The van der Waals surface area contributed by atoms with Crippen molar-refractivity contribution in [1.82, 2.24) is 5.32 Å². The van der Waals surface area contributed by atoms with Gasteiger partial charge in [0.15, 0.2) is 0 Å². The summed E-state index contributed by atoms with van der Waals surface area (Å²) in [6.07, 6.45) is -7.97. The molecule has 2 unspecified atom stereocenters. The van der Waals surface area contributed by atoms with Crippen LogP contribution in [0.2, 0.25) is 0 Å². The minimum Gasteiger partial charge on any atom is -0.495 e. The number of ether oxygens (including phenoxy) is 1. The number of anilines is 1. The number of nitrogens with one attached hydrogen (secondary N) is 2. The van der Waals surface area contributed by atoms with Crippen LogP contribution in [0.1, 0.15) is 36.8 Å². The second-order valence-corrected chi connectivity index (χ2v) is 8.00. The summed E-state index contributed by atoms with van der Waals surface area (Å²) in [4.78, 5) is 41.9. The summed E-state index contributed by atoms with van der Waals surface area (Å²) >= 11 is 0. The lowest BCUT2D eigenvalue weighted by molar-refractivity contribution is -0.138. The fraction of sp³-hybridized carbons (Fsp3) is 0.333. The van der Waals surface area contributed by atoms with Crippen LogP contribution in [0.5, 0.6) is 5.75 Å². The maximum atomic E-state index is 13.0. The van der Waals surface area contributed by atoms with E-state index in [2.05, 4.69) is 15.6 Å². The van der Waals surface area contributed by atoms with Gasteiger partial charge >= 0.3 is 6.18 Å². The van der Waals surface area contributed by atoms with E-state index in [0.29, 0.717) is 28.3 Å². The Hall–Kier alpha value is -3.89. The number of nitrogens with two attached hydrogens (primary N) is 1.